The van der Waals surface area contributed by atoms with Gasteiger partial charge in [0, 0.05) is 12.1 Å². The molecular formula is C18H26N2O12. The largest absolute Gasteiger partial charge is 0.462 e. The first-order valence-corrected chi connectivity index (χ1v) is 9.75. The Morgan fingerprint density at radius 2 is 1.50 bits per heavy atom. The molecule has 2 fully saturated rings. The van der Waals surface area contributed by atoms with Gasteiger partial charge in [-0.1, -0.05) is 0 Å². The Balaban J connectivity index is 1.70. The van der Waals surface area contributed by atoms with E-state index in [4.69, 9.17) is 24.7 Å². The van der Waals surface area contributed by atoms with Gasteiger partial charge in [-0.05, 0) is 12.1 Å². The molecular weight excluding hydrogens is 436 g/mol. The molecule has 0 amide bonds. The van der Waals surface area contributed by atoms with Gasteiger partial charge in [0.25, 0.3) is 5.69 Å². The molecule has 0 aromatic heterocycles. The van der Waals surface area contributed by atoms with Crippen LogP contribution in [0.4, 0.5) is 5.69 Å². The fourth-order valence-electron chi connectivity index (χ4n) is 3.48. The zero-order valence-corrected chi connectivity index (χ0v) is 16.7. The van der Waals surface area contributed by atoms with E-state index >= 15 is 0 Å². The second-order valence-electron chi connectivity index (χ2n) is 7.46. The van der Waals surface area contributed by atoms with E-state index < -0.39 is 79.5 Å². The first kappa shape index (κ1) is 24.7. The van der Waals surface area contributed by atoms with Crippen molar-refractivity contribution in [1.29, 1.82) is 0 Å². The second kappa shape index (κ2) is 10.3. The van der Waals surface area contributed by atoms with Gasteiger partial charge in [0.15, 0.2) is 6.29 Å². The van der Waals surface area contributed by atoms with Crippen LogP contribution < -0.4 is 10.5 Å². The maximum atomic E-state index is 10.7. The van der Waals surface area contributed by atoms with Crippen LogP contribution >= 0.6 is 0 Å². The molecule has 2 heterocycles. The summed E-state index contributed by atoms with van der Waals surface area (Å²) in [4.78, 5) is 10.1. The lowest BCUT2D eigenvalue weighted by Gasteiger charge is -2.46. The number of nitrogens with zero attached hydrogens (tertiary/aromatic N) is 1. The van der Waals surface area contributed by atoms with Crippen molar-refractivity contribution in [3.05, 3.63) is 34.4 Å². The maximum Gasteiger partial charge on any atom is 0.269 e. The molecule has 8 N–H and O–H groups in total. The molecule has 1 aromatic rings. The highest BCUT2D eigenvalue weighted by Gasteiger charge is 2.50. The van der Waals surface area contributed by atoms with Gasteiger partial charge < -0.3 is 55.3 Å². The van der Waals surface area contributed by atoms with Gasteiger partial charge in [0.05, 0.1) is 24.2 Å². The lowest BCUT2D eigenvalue weighted by atomic mass is 9.96. The molecule has 0 unspecified atom stereocenters. The predicted octanol–water partition coefficient (Wildman–Crippen LogP) is -3.44. The topological polar surface area (TPSA) is 227 Å². The summed E-state index contributed by atoms with van der Waals surface area (Å²) in [6, 6.07) is 3.62. The van der Waals surface area contributed by atoms with Gasteiger partial charge in [-0.15, -0.1) is 0 Å². The zero-order valence-electron chi connectivity index (χ0n) is 16.7. The standard InChI is InChI=1S/C18H26N2O12/c19-11-13(24)12(23)9(5-21)30-17(11)32-16-10(6-22)31-18(15(26)14(16)25)29-8-3-1-7(2-4-8)20(27)28/h1-4,9-18,21-26H,5-6,19H2/t9-,10-,11-,12-,13-,14-,15-,16-,17+,18-/m1/s1. The molecule has 0 radical (unpaired) electrons. The highest BCUT2D eigenvalue weighted by atomic mass is 16.7. The van der Waals surface area contributed by atoms with E-state index in [1.54, 1.807) is 0 Å². The summed E-state index contributed by atoms with van der Waals surface area (Å²) in [6.45, 7) is -1.32. The van der Waals surface area contributed by atoms with Crippen LogP contribution in [0.1, 0.15) is 0 Å². The lowest BCUT2D eigenvalue weighted by molar-refractivity contribution is -0.384. The number of nitro benzene ring substituents is 1. The Hall–Kier alpha value is -1.98. The van der Waals surface area contributed by atoms with Crippen LogP contribution in [0.25, 0.3) is 0 Å². The van der Waals surface area contributed by atoms with Crippen molar-refractivity contribution in [1.82, 2.24) is 0 Å². The Labute approximate surface area is 181 Å². The Morgan fingerprint density at radius 1 is 0.906 bits per heavy atom. The molecule has 0 bridgehead atoms. The van der Waals surface area contributed by atoms with Gasteiger partial charge in [-0.25, -0.2) is 0 Å². The highest BCUT2D eigenvalue weighted by Crippen LogP contribution is 2.30. The number of benzene rings is 1. The van der Waals surface area contributed by atoms with E-state index in [0.29, 0.717) is 0 Å². The molecule has 2 saturated heterocycles. The number of non-ortho nitro benzene ring substituents is 1. The number of hydrogen-bond acceptors (Lipinski definition) is 13. The third kappa shape index (κ3) is 4.99. The first-order chi connectivity index (χ1) is 15.2. The molecule has 0 saturated carbocycles. The van der Waals surface area contributed by atoms with E-state index in [1.165, 1.54) is 24.3 Å². The van der Waals surface area contributed by atoms with Crippen LogP contribution in [-0.4, -0.2) is 110 Å². The van der Waals surface area contributed by atoms with Crippen LogP contribution in [0.2, 0.25) is 0 Å². The molecule has 180 valence electrons. The summed E-state index contributed by atoms with van der Waals surface area (Å²) in [7, 11) is 0. The number of rotatable bonds is 7. The quantitative estimate of drug-likeness (QED) is 0.155. The van der Waals surface area contributed by atoms with Crippen LogP contribution in [0, 0.1) is 10.1 Å². The summed E-state index contributed by atoms with van der Waals surface area (Å²) in [5.74, 6) is 0.100. The van der Waals surface area contributed by atoms with E-state index in [0.717, 1.165) is 0 Å². The maximum absolute atomic E-state index is 10.7. The summed E-state index contributed by atoms with van der Waals surface area (Å²) >= 11 is 0. The van der Waals surface area contributed by atoms with E-state index in [2.05, 4.69) is 0 Å². The SMILES string of the molecule is N[C@H]1[C@H](O[C@H]2[C@H](O)[C@@H](O)[C@H](Oc3ccc([N+](=O)[O-])cc3)O[C@@H]2CO)O[C@H](CO)[C@@H](O)[C@@H]1O. The van der Waals surface area contributed by atoms with Crippen molar-refractivity contribution in [2.45, 2.75) is 61.3 Å². The molecule has 10 atom stereocenters. The van der Waals surface area contributed by atoms with Crippen molar-refractivity contribution in [2.75, 3.05) is 13.2 Å². The third-order valence-electron chi connectivity index (χ3n) is 5.34. The second-order valence-corrected chi connectivity index (χ2v) is 7.46. The molecule has 14 heteroatoms. The Bertz CT molecular complexity index is 763. The van der Waals surface area contributed by atoms with E-state index in [-0.39, 0.29) is 11.4 Å². The monoisotopic (exact) mass is 462 g/mol. The zero-order chi connectivity index (χ0) is 23.6. The third-order valence-corrected chi connectivity index (χ3v) is 5.34. The molecule has 0 spiro atoms. The van der Waals surface area contributed by atoms with Gasteiger partial charge in [0.1, 0.15) is 48.5 Å². The van der Waals surface area contributed by atoms with Crippen molar-refractivity contribution < 1.29 is 54.5 Å². The van der Waals surface area contributed by atoms with Crippen LogP contribution in [0.15, 0.2) is 24.3 Å². The van der Waals surface area contributed by atoms with E-state index in [9.17, 15) is 40.8 Å². The number of nitrogens with two attached hydrogens (primary N) is 1. The molecule has 2 aliphatic heterocycles. The number of ether oxygens (including phenoxy) is 4. The van der Waals surface area contributed by atoms with Gasteiger partial charge in [0.2, 0.25) is 6.29 Å². The summed E-state index contributed by atoms with van der Waals surface area (Å²) in [6.07, 6.45) is -13.0. The number of aliphatic hydroxyl groups is 6. The van der Waals surface area contributed by atoms with Gasteiger partial charge >= 0.3 is 0 Å². The average Bonchev–Trinajstić information content (AvgIpc) is 2.79. The van der Waals surface area contributed by atoms with Crippen LogP contribution in [0.3, 0.4) is 0 Å². The number of aliphatic hydroxyl groups excluding tert-OH is 6. The fraction of sp³-hybridized carbons (Fsp3) is 0.667. The molecule has 0 aliphatic carbocycles. The van der Waals surface area contributed by atoms with Crippen LogP contribution in [0.5, 0.6) is 5.75 Å². The fourth-order valence-corrected chi connectivity index (χ4v) is 3.48. The van der Waals surface area contributed by atoms with Gasteiger partial charge in [-0.3, -0.25) is 10.1 Å². The molecule has 32 heavy (non-hydrogen) atoms. The lowest BCUT2D eigenvalue weighted by Crippen LogP contribution is -2.66. The van der Waals surface area contributed by atoms with Crippen molar-refractivity contribution >= 4 is 5.69 Å². The summed E-state index contributed by atoms with van der Waals surface area (Å²) < 4.78 is 21.8. The highest BCUT2D eigenvalue weighted by molar-refractivity contribution is 5.36. The summed E-state index contributed by atoms with van der Waals surface area (Å²) in [5.41, 5.74) is 5.64. The Morgan fingerprint density at radius 3 is 2.06 bits per heavy atom. The van der Waals surface area contributed by atoms with Crippen LogP contribution in [-0.2, 0) is 14.2 Å². The Kier molecular flexibility index (Phi) is 7.94. The smallest absolute Gasteiger partial charge is 0.269 e. The van der Waals surface area contributed by atoms with Crippen molar-refractivity contribution in [2.24, 2.45) is 5.73 Å². The van der Waals surface area contributed by atoms with Gasteiger partial charge in [-0.2, -0.15) is 0 Å². The predicted molar refractivity (Wildman–Crippen MR) is 102 cm³/mol. The van der Waals surface area contributed by atoms with E-state index in [1.807, 2.05) is 0 Å². The minimum Gasteiger partial charge on any atom is -0.462 e. The normalized spacial score (nSPS) is 40.1. The summed E-state index contributed by atoms with van der Waals surface area (Å²) in [5, 5.41) is 70.7. The number of hydrogen-bond donors (Lipinski definition) is 7. The number of nitro groups is 1. The minimum absolute atomic E-state index is 0.100. The first-order valence-electron chi connectivity index (χ1n) is 9.75. The minimum atomic E-state index is -1.68. The molecule has 14 nitrogen and oxygen atoms in total. The average molecular weight is 462 g/mol. The molecule has 3 rings (SSSR count). The molecule has 2 aliphatic rings. The van der Waals surface area contributed by atoms with Crippen molar-refractivity contribution in [3.63, 3.8) is 0 Å². The molecule has 1 aromatic carbocycles. The van der Waals surface area contributed by atoms with Crippen molar-refractivity contribution in [3.8, 4) is 5.75 Å².